The minimum atomic E-state index is -1.16. The predicted molar refractivity (Wildman–Crippen MR) is 131 cm³/mol. The zero-order valence-electron chi connectivity index (χ0n) is 19.9. The zero-order valence-corrected chi connectivity index (χ0v) is 21.5. The van der Waals surface area contributed by atoms with Crippen LogP contribution in [-0.4, -0.2) is 60.4 Å². The molecule has 3 rings (SSSR count). The fraction of sp³-hybridized carbons (Fsp3) is 0.640. The first-order chi connectivity index (χ1) is 15.6. The molecule has 33 heavy (non-hydrogen) atoms. The first-order valence-electron chi connectivity index (χ1n) is 11.5. The summed E-state index contributed by atoms with van der Waals surface area (Å²) in [5.74, 6) is 0.796. The smallest absolute Gasteiger partial charge is 0.410 e. The monoisotopic (exact) mass is 495 g/mol. The van der Waals surface area contributed by atoms with Crippen molar-refractivity contribution in [3.05, 3.63) is 34.9 Å². The first kappa shape index (κ1) is 26.0. The summed E-state index contributed by atoms with van der Waals surface area (Å²) in [7, 11) is 1.59. The van der Waals surface area contributed by atoms with Gasteiger partial charge in [0.25, 0.3) is 0 Å². The van der Waals surface area contributed by atoms with Gasteiger partial charge in [-0.25, -0.2) is 4.79 Å². The van der Waals surface area contributed by atoms with E-state index in [1.807, 2.05) is 6.07 Å². The summed E-state index contributed by atoms with van der Waals surface area (Å²) in [4.78, 5) is 40.4. The standard InChI is InChI=1S/C25H34ClNO5S/c1-17(21(28)13-33-16-24(3)14-31-15-24)18(2)32-23(30)27(4)25(12-8-7-11-22(25)29)19-9-5-6-10-20(19)26/h5-6,9-10,17-18H,7-8,11-16H2,1-4H3/t17?,18?,25-/m0/s1. The van der Waals surface area contributed by atoms with Crippen molar-refractivity contribution in [1.82, 2.24) is 4.90 Å². The summed E-state index contributed by atoms with van der Waals surface area (Å²) in [5.41, 5.74) is -0.386. The number of halogens is 1. The van der Waals surface area contributed by atoms with Gasteiger partial charge in [-0.2, -0.15) is 11.8 Å². The molecule has 1 aromatic rings. The van der Waals surface area contributed by atoms with Crippen LogP contribution in [0.25, 0.3) is 0 Å². The molecule has 0 spiro atoms. The second-order valence-electron chi connectivity index (χ2n) is 9.67. The van der Waals surface area contributed by atoms with Crippen LogP contribution in [0.5, 0.6) is 0 Å². The molecular weight excluding hydrogens is 462 g/mol. The number of ether oxygens (including phenoxy) is 2. The van der Waals surface area contributed by atoms with E-state index in [0.717, 1.165) is 31.8 Å². The number of thioether (sulfide) groups is 1. The Morgan fingerprint density at radius 1 is 1.24 bits per heavy atom. The van der Waals surface area contributed by atoms with Gasteiger partial charge in [0.2, 0.25) is 0 Å². The molecule has 1 aliphatic heterocycles. The quantitative estimate of drug-likeness (QED) is 0.474. The van der Waals surface area contributed by atoms with Crippen LogP contribution in [0.2, 0.25) is 5.02 Å². The van der Waals surface area contributed by atoms with Crippen LogP contribution in [0.4, 0.5) is 4.79 Å². The van der Waals surface area contributed by atoms with Gasteiger partial charge in [0, 0.05) is 35.2 Å². The number of benzene rings is 1. The Hall–Kier alpha value is -1.57. The van der Waals surface area contributed by atoms with Crippen LogP contribution in [0.15, 0.2) is 24.3 Å². The summed E-state index contributed by atoms with van der Waals surface area (Å²) in [6.07, 6.45) is 1.23. The van der Waals surface area contributed by atoms with E-state index in [-0.39, 0.29) is 17.0 Å². The topological polar surface area (TPSA) is 72.9 Å². The van der Waals surface area contributed by atoms with Crippen molar-refractivity contribution in [2.24, 2.45) is 11.3 Å². The van der Waals surface area contributed by atoms with E-state index in [1.165, 1.54) is 4.90 Å². The van der Waals surface area contributed by atoms with Gasteiger partial charge in [-0.15, -0.1) is 0 Å². The number of hydrogen-bond donors (Lipinski definition) is 0. The number of likely N-dealkylation sites (N-methyl/N-ethyl adjacent to an activating group) is 1. The number of rotatable bonds is 9. The summed E-state index contributed by atoms with van der Waals surface area (Å²) in [5, 5.41) is 0.451. The van der Waals surface area contributed by atoms with Crippen LogP contribution in [0.3, 0.4) is 0 Å². The summed E-state index contributed by atoms with van der Waals surface area (Å²) >= 11 is 8.06. The highest BCUT2D eigenvalue weighted by molar-refractivity contribution is 8.00. The molecule has 0 aromatic heterocycles. The molecule has 1 saturated heterocycles. The molecule has 0 N–H and O–H groups in total. The third-order valence-corrected chi connectivity index (χ3v) is 8.63. The fourth-order valence-electron chi connectivity index (χ4n) is 4.45. The molecule has 1 aromatic carbocycles. The van der Waals surface area contributed by atoms with Crippen molar-refractivity contribution in [2.75, 3.05) is 31.8 Å². The highest BCUT2D eigenvalue weighted by atomic mass is 35.5. The lowest BCUT2D eigenvalue weighted by Crippen LogP contribution is -2.55. The van der Waals surface area contributed by atoms with E-state index in [0.29, 0.717) is 29.2 Å². The van der Waals surface area contributed by atoms with Crippen LogP contribution < -0.4 is 0 Å². The number of carbonyl (C=O) groups excluding carboxylic acids is 3. The molecule has 0 radical (unpaired) electrons. The zero-order chi connectivity index (χ0) is 24.2. The lowest BCUT2D eigenvalue weighted by Gasteiger charge is -2.43. The molecular formula is C25H34ClNO5S. The van der Waals surface area contributed by atoms with Crippen LogP contribution >= 0.6 is 23.4 Å². The predicted octanol–water partition coefficient (Wildman–Crippen LogP) is 5.11. The van der Waals surface area contributed by atoms with Gasteiger partial charge in [-0.3, -0.25) is 14.5 Å². The largest absolute Gasteiger partial charge is 0.446 e. The molecule has 2 aliphatic rings. The molecule has 8 heteroatoms. The maximum absolute atomic E-state index is 13.2. The van der Waals surface area contributed by atoms with Crippen molar-refractivity contribution in [3.63, 3.8) is 0 Å². The second kappa shape index (κ2) is 10.8. The fourth-order valence-corrected chi connectivity index (χ4v) is 5.97. The van der Waals surface area contributed by atoms with E-state index in [1.54, 1.807) is 50.9 Å². The Kier molecular flexibility index (Phi) is 8.51. The van der Waals surface area contributed by atoms with Crippen molar-refractivity contribution < 1.29 is 23.9 Å². The third-order valence-electron chi connectivity index (χ3n) is 6.91. The molecule has 1 aliphatic carbocycles. The minimum absolute atomic E-state index is 0.0389. The van der Waals surface area contributed by atoms with Crippen molar-refractivity contribution in [1.29, 1.82) is 0 Å². The maximum Gasteiger partial charge on any atom is 0.410 e. The SMILES string of the molecule is CC(OC(=O)N(C)[C@]1(c2ccccc2Cl)CCCCC1=O)C(C)C(=O)CSCC1(C)COC1. The van der Waals surface area contributed by atoms with Gasteiger partial charge in [0.05, 0.1) is 24.9 Å². The third kappa shape index (κ3) is 5.57. The second-order valence-corrected chi connectivity index (χ2v) is 11.1. The Balaban J connectivity index is 1.66. The molecule has 1 saturated carbocycles. The number of nitrogens with zero attached hydrogens (tertiary/aromatic N) is 1. The molecule has 3 atom stereocenters. The number of hydrogen-bond acceptors (Lipinski definition) is 6. The van der Waals surface area contributed by atoms with E-state index in [2.05, 4.69) is 6.92 Å². The lowest BCUT2D eigenvalue weighted by atomic mass is 9.74. The number of ketones is 2. The highest BCUT2D eigenvalue weighted by Gasteiger charge is 2.49. The van der Waals surface area contributed by atoms with E-state index in [9.17, 15) is 14.4 Å². The average Bonchev–Trinajstić information content (AvgIpc) is 2.77. The Bertz CT molecular complexity index is 889. The van der Waals surface area contributed by atoms with E-state index in [4.69, 9.17) is 21.1 Å². The molecule has 1 amide bonds. The summed E-state index contributed by atoms with van der Waals surface area (Å²) in [6.45, 7) is 7.13. The first-order valence-corrected chi connectivity index (χ1v) is 13.0. The average molecular weight is 496 g/mol. The molecule has 6 nitrogen and oxygen atoms in total. The van der Waals surface area contributed by atoms with Crippen molar-refractivity contribution in [2.45, 2.75) is 58.1 Å². The summed E-state index contributed by atoms with van der Waals surface area (Å²) in [6, 6.07) is 7.16. The Morgan fingerprint density at radius 2 is 1.94 bits per heavy atom. The highest BCUT2D eigenvalue weighted by Crippen LogP contribution is 2.42. The Morgan fingerprint density at radius 3 is 2.55 bits per heavy atom. The molecule has 2 fully saturated rings. The number of Topliss-reactive ketones (excluding diaryl/α,β-unsaturated/α-hetero) is 2. The molecule has 1 heterocycles. The van der Waals surface area contributed by atoms with Gasteiger partial charge in [-0.1, -0.05) is 43.6 Å². The minimum Gasteiger partial charge on any atom is -0.446 e. The Labute approximate surface area is 205 Å². The molecule has 0 bridgehead atoms. The number of amides is 1. The normalized spacial score (nSPS) is 23.8. The van der Waals surface area contributed by atoms with E-state index >= 15 is 0 Å². The van der Waals surface area contributed by atoms with Crippen LogP contribution in [0.1, 0.15) is 52.0 Å². The van der Waals surface area contributed by atoms with Gasteiger partial charge >= 0.3 is 6.09 Å². The van der Waals surface area contributed by atoms with Crippen molar-refractivity contribution >= 4 is 41.0 Å². The van der Waals surface area contributed by atoms with Gasteiger partial charge in [-0.05, 0) is 32.3 Å². The van der Waals surface area contributed by atoms with Crippen LogP contribution in [0, 0.1) is 11.3 Å². The number of carbonyl (C=O) groups is 3. The van der Waals surface area contributed by atoms with Crippen molar-refractivity contribution in [3.8, 4) is 0 Å². The van der Waals surface area contributed by atoms with Gasteiger partial charge in [0.1, 0.15) is 17.4 Å². The van der Waals surface area contributed by atoms with E-state index < -0.39 is 23.7 Å². The van der Waals surface area contributed by atoms with Crippen LogP contribution in [-0.2, 0) is 24.6 Å². The molecule has 2 unspecified atom stereocenters. The van der Waals surface area contributed by atoms with Gasteiger partial charge < -0.3 is 9.47 Å². The maximum atomic E-state index is 13.2. The lowest BCUT2D eigenvalue weighted by molar-refractivity contribution is -0.134. The molecule has 182 valence electrons. The summed E-state index contributed by atoms with van der Waals surface area (Å²) < 4.78 is 11.0. The van der Waals surface area contributed by atoms with Gasteiger partial charge in [0.15, 0.2) is 5.78 Å².